The molecule has 20 heavy (non-hydrogen) atoms. The molecular weight excluding hydrogens is 282 g/mol. The van der Waals surface area contributed by atoms with Gasteiger partial charge in [-0.2, -0.15) is 0 Å². The third kappa shape index (κ3) is 3.34. The van der Waals surface area contributed by atoms with E-state index >= 15 is 0 Å². The maximum atomic E-state index is 12.1. The highest BCUT2D eigenvalue weighted by Crippen LogP contribution is 2.20. The van der Waals surface area contributed by atoms with E-state index < -0.39 is 16.0 Å². The normalized spacial score (nSPS) is 11.8. The van der Waals surface area contributed by atoms with E-state index in [1.54, 1.807) is 18.3 Å². The van der Waals surface area contributed by atoms with Crippen LogP contribution in [0.15, 0.2) is 29.4 Å². The number of hydrogen-bond acceptors (Lipinski definition) is 4. The number of nitrogens with one attached hydrogen (secondary N) is 2. The highest BCUT2D eigenvalue weighted by Gasteiger charge is 2.18. The molecule has 8 heteroatoms. The molecule has 2 heterocycles. The Morgan fingerprint density at radius 2 is 2.20 bits per heavy atom. The molecule has 2 aromatic rings. The fourth-order valence-corrected chi connectivity index (χ4v) is 3.08. The Morgan fingerprint density at radius 3 is 2.95 bits per heavy atom. The van der Waals surface area contributed by atoms with E-state index in [4.69, 9.17) is 5.11 Å². The Kier molecular flexibility index (Phi) is 4.35. The summed E-state index contributed by atoms with van der Waals surface area (Å²) in [6, 6.07) is 3.35. The van der Waals surface area contributed by atoms with Gasteiger partial charge in [-0.05, 0) is 25.0 Å². The lowest BCUT2D eigenvalue weighted by Crippen LogP contribution is -2.24. The Labute approximate surface area is 116 Å². The van der Waals surface area contributed by atoms with Crippen molar-refractivity contribution in [3.63, 3.8) is 0 Å². The number of carbonyl (C=O) groups is 1. The lowest BCUT2D eigenvalue weighted by molar-refractivity contribution is -0.137. The quantitative estimate of drug-likeness (QED) is 0.662. The number of rotatable bonds is 7. The van der Waals surface area contributed by atoms with Gasteiger partial charge in [0.15, 0.2) is 0 Å². The zero-order valence-electron chi connectivity index (χ0n) is 10.7. The van der Waals surface area contributed by atoms with Crippen LogP contribution < -0.4 is 4.72 Å². The zero-order chi connectivity index (χ0) is 14.6. The van der Waals surface area contributed by atoms with Crippen molar-refractivity contribution in [2.45, 2.75) is 24.2 Å². The van der Waals surface area contributed by atoms with Gasteiger partial charge in [-0.3, -0.25) is 4.79 Å². The van der Waals surface area contributed by atoms with Crippen molar-refractivity contribution in [2.24, 2.45) is 0 Å². The monoisotopic (exact) mass is 297 g/mol. The molecule has 0 aliphatic carbocycles. The van der Waals surface area contributed by atoms with Crippen LogP contribution in [0, 0.1) is 0 Å². The van der Waals surface area contributed by atoms with Gasteiger partial charge in [-0.15, -0.1) is 0 Å². The number of sulfonamides is 1. The van der Waals surface area contributed by atoms with Gasteiger partial charge in [0.1, 0.15) is 10.5 Å². The molecule has 0 radical (unpaired) electrons. The van der Waals surface area contributed by atoms with Crippen molar-refractivity contribution >= 4 is 27.0 Å². The van der Waals surface area contributed by atoms with Crippen molar-refractivity contribution < 1.29 is 18.3 Å². The number of aliphatic carboxylic acids is 1. The molecule has 0 spiro atoms. The summed E-state index contributed by atoms with van der Waals surface area (Å²) in [5.41, 5.74) is 0.513. The van der Waals surface area contributed by atoms with Gasteiger partial charge in [0, 0.05) is 30.7 Å². The van der Waals surface area contributed by atoms with E-state index in [0.717, 1.165) is 0 Å². The molecule has 0 saturated heterocycles. The Hall–Kier alpha value is -1.93. The third-order valence-corrected chi connectivity index (χ3v) is 4.31. The summed E-state index contributed by atoms with van der Waals surface area (Å²) in [5, 5.41) is 9.02. The Bertz CT molecular complexity index is 708. The number of unbranched alkanes of at least 4 members (excludes halogenated alkanes) is 1. The maximum absolute atomic E-state index is 12.1. The number of carboxylic acid groups (broad SMARTS) is 1. The van der Waals surface area contributed by atoms with Crippen LogP contribution in [0.5, 0.6) is 0 Å². The van der Waals surface area contributed by atoms with E-state index in [1.807, 2.05) is 0 Å². The maximum Gasteiger partial charge on any atom is 0.303 e. The zero-order valence-corrected chi connectivity index (χ0v) is 11.5. The second-order valence-electron chi connectivity index (χ2n) is 4.30. The first-order chi connectivity index (χ1) is 9.50. The Morgan fingerprint density at radius 1 is 1.40 bits per heavy atom. The van der Waals surface area contributed by atoms with Crippen LogP contribution in [0.1, 0.15) is 19.3 Å². The fourth-order valence-electron chi connectivity index (χ4n) is 1.84. The molecule has 0 saturated carbocycles. The summed E-state index contributed by atoms with van der Waals surface area (Å²) in [5.74, 6) is -0.879. The van der Waals surface area contributed by atoms with Crippen molar-refractivity contribution in [1.82, 2.24) is 14.7 Å². The number of carboxylic acids is 1. The van der Waals surface area contributed by atoms with Crippen LogP contribution in [-0.2, 0) is 14.8 Å². The molecule has 0 atom stereocenters. The van der Waals surface area contributed by atoms with Crippen LogP contribution in [0.3, 0.4) is 0 Å². The number of aromatic amines is 1. The number of hydrogen-bond donors (Lipinski definition) is 3. The predicted molar refractivity (Wildman–Crippen MR) is 72.8 cm³/mol. The van der Waals surface area contributed by atoms with Crippen molar-refractivity contribution in [1.29, 1.82) is 0 Å². The molecule has 2 rings (SSSR count). The van der Waals surface area contributed by atoms with Crippen LogP contribution in [-0.4, -0.2) is 36.0 Å². The molecule has 2 aromatic heterocycles. The molecule has 0 aromatic carbocycles. The lowest BCUT2D eigenvalue weighted by atomic mass is 10.2. The second-order valence-corrected chi connectivity index (χ2v) is 6.04. The summed E-state index contributed by atoms with van der Waals surface area (Å²) < 4.78 is 26.7. The summed E-state index contributed by atoms with van der Waals surface area (Å²) in [4.78, 5) is 17.3. The molecule has 0 aliphatic rings. The highest BCUT2D eigenvalue weighted by atomic mass is 32.2. The van der Waals surface area contributed by atoms with Crippen LogP contribution >= 0.6 is 0 Å². The number of nitrogens with zero attached hydrogens (tertiary/aromatic N) is 1. The number of H-pyrrole nitrogens is 1. The molecule has 3 N–H and O–H groups in total. The minimum absolute atomic E-state index is 0.0404. The SMILES string of the molecule is O=C(O)CCCCNS(=O)(=O)c1c[nH]c2ncccc12. The molecule has 0 aliphatic heterocycles. The smallest absolute Gasteiger partial charge is 0.303 e. The van der Waals surface area contributed by atoms with E-state index in [0.29, 0.717) is 23.9 Å². The van der Waals surface area contributed by atoms with Crippen LogP contribution in [0.2, 0.25) is 0 Å². The standard InChI is InChI=1S/C12H15N3O4S/c16-11(17)5-1-2-7-15-20(18,19)10-8-14-12-9(10)4-3-6-13-12/h3-4,6,8,15H,1-2,5,7H2,(H,13,14)(H,16,17). The summed E-state index contributed by atoms with van der Waals surface area (Å²) >= 11 is 0. The lowest BCUT2D eigenvalue weighted by Gasteiger charge is -2.05. The number of aromatic nitrogens is 2. The van der Waals surface area contributed by atoms with Crippen molar-refractivity contribution in [2.75, 3.05) is 6.54 Å². The molecule has 0 amide bonds. The minimum atomic E-state index is -3.61. The van der Waals surface area contributed by atoms with E-state index in [9.17, 15) is 13.2 Å². The first-order valence-electron chi connectivity index (χ1n) is 6.14. The van der Waals surface area contributed by atoms with Crippen LogP contribution in [0.4, 0.5) is 0 Å². The summed E-state index contributed by atoms with van der Waals surface area (Å²) in [6.07, 6.45) is 3.93. The largest absolute Gasteiger partial charge is 0.481 e. The van der Waals surface area contributed by atoms with Gasteiger partial charge >= 0.3 is 5.97 Å². The Balaban J connectivity index is 2.02. The average Bonchev–Trinajstić information content (AvgIpc) is 2.82. The molecule has 0 unspecified atom stereocenters. The van der Waals surface area contributed by atoms with Gasteiger partial charge in [-0.25, -0.2) is 18.1 Å². The number of fused-ring (bicyclic) bond motifs is 1. The summed E-state index contributed by atoms with van der Waals surface area (Å²) in [6.45, 7) is 0.211. The van der Waals surface area contributed by atoms with Gasteiger partial charge in [0.05, 0.1) is 0 Å². The van der Waals surface area contributed by atoms with E-state index in [2.05, 4.69) is 14.7 Å². The van der Waals surface area contributed by atoms with Crippen molar-refractivity contribution in [3.8, 4) is 0 Å². The average molecular weight is 297 g/mol. The molecule has 108 valence electrons. The molecule has 7 nitrogen and oxygen atoms in total. The topological polar surface area (TPSA) is 112 Å². The highest BCUT2D eigenvalue weighted by molar-refractivity contribution is 7.89. The van der Waals surface area contributed by atoms with Gasteiger partial charge in [0.2, 0.25) is 10.0 Å². The number of pyridine rings is 1. The van der Waals surface area contributed by atoms with Gasteiger partial charge < -0.3 is 10.1 Å². The van der Waals surface area contributed by atoms with Crippen molar-refractivity contribution in [3.05, 3.63) is 24.5 Å². The first-order valence-corrected chi connectivity index (χ1v) is 7.62. The summed E-state index contributed by atoms with van der Waals surface area (Å²) in [7, 11) is -3.61. The third-order valence-electron chi connectivity index (χ3n) is 2.81. The molecular formula is C12H15N3O4S. The van der Waals surface area contributed by atoms with Crippen LogP contribution in [0.25, 0.3) is 11.0 Å². The van der Waals surface area contributed by atoms with Gasteiger partial charge in [-0.1, -0.05) is 0 Å². The predicted octanol–water partition coefficient (Wildman–Crippen LogP) is 1.10. The molecule has 0 fully saturated rings. The fraction of sp³-hybridized carbons (Fsp3) is 0.333. The first kappa shape index (κ1) is 14.5. The van der Waals surface area contributed by atoms with Gasteiger partial charge in [0.25, 0.3) is 0 Å². The minimum Gasteiger partial charge on any atom is -0.481 e. The van der Waals surface area contributed by atoms with E-state index in [1.165, 1.54) is 6.20 Å². The van der Waals surface area contributed by atoms with E-state index in [-0.39, 0.29) is 17.9 Å². The second kappa shape index (κ2) is 6.02. The molecule has 0 bridgehead atoms.